The van der Waals surface area contributed by atoms with Gasteiger partial charge in [-0.15, -0.1) is 12.4 Å². The fourth-order valence-electron chi connectivity index (χ4n) is 1.48. The summed E-state index contributed by atoms with van der Waals surface area (Å²) in [5.74, 6) is -1.05. The Labute approximate surface area is 124 Å². The molecule has 1 atom stereocenters. The van der Waals surface area contributed by atoms with Gasteiger partial charge in [-0.25, -0.2) is 0 Å². The number of ketones is 1. The molecule has 0 aliphatic carbocycles. The Morgan fingerprint density at radius 3 is 2.25 bits per heavy atom. The van der Waals surface area contributed by atoms with Crippen molar-refractivity contribution in [2.75, 3.05) is 0 Å². The number of ether oxygens (including phenoxy) is 1. The second-order valence-electron chi connectivity index (χ2n) is 5.48. The summed E-state index contributed by atoms with van der Waals surface area (Å²) in [5, 5.41) is 9.70. The number of nitrogens with two attached hydrogens (primary N) is 1. The molecular weight excluding hydrogens is 282 g/mol. The number of phenolic OH excluding ortho intramolecular Hbond substituents is 1. The first-order valence-electron chi connectivity index (χ1n) is 5.94. The van der Waals surface area contributed by atoms with E-state index in [0.717, 1.165) is 0 Å². The number of hydrogen-bond acceptors (Lipinski definition) is 5. The van der Waals surface area contributed by atoms with Crippen molar-refractivity contribution >= 4 is 24.2 Å². The van der Waals surface area contributed by atoms with Crippen LogP contribution in [0.25, 0.3) is 0 Å². The van der Waals surface area contributed by atoms with Crippen LogP contribution in [0.4, 0.5) is 0 Å². The van der Waals surface area contributed by atoms with Gasteiger partial charge in [0, 0.05) is 12.5 Å². The lowest BCUT2D eigenvalue weighted by Gasteiger charge is -2.25. The van der Waals surface area contributed by atoms with Crippen LogP contribution in [0.1, 0.15) is 38.1 Å². The number of rotatable bonds is 3. The van der Waals surface area contributed by atoms with Crippen LogP contribution in [0.5, 0.6) is 11.5 Å². The molecule has 0 bridgehead atoms. The Hall–Kier alpha value is -1.59. The maximum atomic E-state index is 12.1. The van der Waals surface area contributed by atoms with Crippen LogP contribution in [-0.4, -0.2) is 22.9 Å². The van der Waals surface area contributed by atoms with Gasteiger partial charge in [0.2, 0.25) is 0 Å². The van der Waals surface area contributed by atoms with Crippen LogP contribution >= 0.6 is 12.4 Å². The van der Waals surface area contributed by atoms with Crippen LogP contribution in [0, 0.1) is 5.41 Å². The summed E-state index contributed by atoms with van der Waals surface area (Å²) >= 11 is 0. The average molecular weight is 302 g/mol. The molecule has 0 radical (unpaired) electrons. The van der Waals surface area contributed by atoms with Gasteiger partial charge >= 0.3 is 5.97 Å². The Bertz CT molecular complexity index is 508. The van der Waals surface area contributed by atoms with E-state index < -0.39 is 12.0 Å². The molecule has 0 heterocycles. The van der Waals surface area contributed by atoms with E-state index in [1.54, 1.807) is 0 Å². The lowest BCUT2D eigenvalue weighted by Crippen LogP contribution is -2.42. The standard InChI is InChI=1S/C14H19NO4.ClH/c1-8(16)19-11-6-5-9(7-10(11)17)12(18)13(15)14(2,3)4;/h5-7,13,17H,15H2,1-4H3;1H. The molecule has 0 aliphatic rings. The molecule has 3 N–H and O–H groups in total. The third-order valence-corrected chi connectivity index (χ3v) is 2.71. The number of halogens is 1. The fraction of sp³-hybridized carbons (Fsp3) is 0.429. The van der Waals surface area contributed by atoms with Crippen molar-refractivity contribution in [1.29, 1.82) is 0 Å². The zero-order valence-electron chi connectivity index (χ0n) is 12.0. The van der Waals surface area contributed by atoms with Gasteiger partial charge in [0.1, 0.15) is 0 Å². The van der Waals surface area contributed by atoms with Crippen molar-refractivity contribution in [3.05, 3.63) is 23.8 Å². The summed E-state index contributed by atoms with van der Waals surface area (Å²) in [5.41, 5.74) is 5.79. The second kappa shape index (κ2) is 6.72. The summed E-state index contributed by atoms with van der Waals surface area (Å²) in [7, 11) is 0. The van der Waals surface area contributed by atoms with E-state index in [0.29, 0.717) is 0 Å². The van der Waals surface area contributed by atoms with Gasteiger partial charge in [0.15, 0.2) is 17.3 Å². The molecule has 0 fully saturated rings. The first kappa shape index (κ1) is 18.4. The highest BCUT2D eigenvalue weighted by molar-refractivity contribution is 6.01. The highest BCUT2D eigenvalue weighted by Gasteiger charge is 2.28. The molecule has 20 heavy (non-hydrogen) atoms. The molecule has 1 aromatic rings. The van der Waals surface area contributed by atoms with Crippen molar-refractivity contribution < 1.29 is 19.4 Å². The summed E-state index contributed by atoms with van der Waals surface area (Å²) in [6, 6.07) is 3.43. The van der Waals surface area contributed by atoms with E-state index in [2.05, 4.69) is 0 Å². The zero-order valence-corrected chi connectivity index (χ0v) is 12.8. The third kappa shape index (κ3) is 4.51. The molecule has 6 heteroatoms. The number of Topliss-reactive ketones (excluding diaryl/α,β-unsaturated/α-hetero) is 1. The first-order chi connectivity index (χ1) is 8.62. The fourth-order valence-corrected chi connectivity index (χ4v) is 1.48. The number of aromatic hydroxyl groups is 1. The normalized spacial score (nSPS) is 12.2. The lowest BCUT2D eigenvalue weighted by atomic mass is 9.83. The molecular formula is C14H20ClNO4. The van der Waals surface area contributed by atoms with Gasteiger partial charge in [-0.05, 0) is 23.6 Å². The van der Waals surface area contributed by atoms with Gasteiger partial charge in [-0.1, -0.05) is 20.8 Å². The molecule has 0 amide bonds. The van der Waals surface area contributed by atoms with Crippen LogP contribution in [0.15, 0.2) is 18.2 Å². The number of esters is 1. The van der Waals surface area contributed by atoms with E-state index in [4.69, 9.17) is 10.5 Å². The summed E-state index contributed by atoms with van der Waals surface area (Å²) in [6.07, 6.45) is 0. The second-order valence-corrected chi connectivity index (χ2v) is 5.48. The Morgan fingerprint density at radius 1 is 1.30 bits per heavy atom. The topological polar surface area (TPSA) is 89.6 Å². The molecule has 0 aliphatic heterocycles. The van der Waals surface area contributed by atoms with E-state index >= 15 is 0 Å². The first-order valence-corrected chi connectivity index (χ1v) is 5.94. The van der Waals surface area contributed by atoms with Gasteiger partial charge in [-0.2, -0.15) is 0 Å². The number of carbonyl (C=O) groups excluding carboxylic acids is 2. The lowest BCUT2D eigenvalue weighted by molar-refractivity contribution is -0.132. The molecule has 5 nitrogen and oxygen atoms in total. The van der Waals surface area contributed by atoms with E-state index in [9.17, 15) is 14.7 Å². The van der Waals surface area contributed by atoms with Crippen LogP contribution < -0.4 is 10.5 Å². The Kier molecular flexibility index (Phi) is 6.19. The van der Waals surface area contributed by atoms with Crippen molar-refractivity contribution in [3.63, 3.8) is 0 Å². The monoisotopic (exact) mass is 301 g/mol. The molecule has 1 aromatic carbocycles. The quantitative estimate of drug-likeness (QED) is 0.508. The summed E-state index contributed by atoms with van der Waals surface area (Å²) in [4.78, 5) is 22.9. The summed E-state index contributed by atoms with van der Waals surface area (Å²) < 4.78 is 4.78. The molecule has 112 valence electrons. The number of phenols is 1. The molecule has 0 spiro atoms. The van der Waals surface area contributed by atoms with E-state index in [-0.39, 0.29) is 40.7 Å². The van der Waals surface area contributed by atoms with Gasteiger partial charge in [0.05, 0.1) is 6.04 Å². The SMILES string of the molecule is CC(=O)Oc1ccc(C(=O)C(N)C(C)(C)C)cc1O.Cl. The Morgan fingerprint density at radius 2 is 1.85 bits per heavy atom. The number of benzene rings is 1. The largest absolute Gasteiger partial charge is 0.504 e. The van der Waals surface area contributed by atoms with E-state index in [1.165, 1.54) is 25.1 Å². The number of hydrogen-bond donors (Lipinski definition) is 2. The minimum atomic E-state index is -0.675. The van der Waals surface area contributed by atoms with Crippen LogP contribution in [0.2, 0.25) is 0 Å². The zero-order chi connectivity index (χ0) is 14.8. The predicted octanol–water partition coefficient (Wildman–Crippen LogP) is 2.30. The van der Waals surface area contributed by atoms with Gasteiger partial charge in [0.25, 0.3) is 0 Å². The van der Waals surface area contributed by atoms with Gasteiger partial charge in [-0.3, -0.25) is 9.59 Å². The maximum absolute atomic E-state index is 12.1. The highest BCUT2D eigenvalue weighted by Crippen LogP contribution is 2.29. The minimum Gasteiger partial charge on any atom is -0.504 e. The molecule has 1 rings (SSSR count). The highest BCUT2D eigenvalue weighted by atomic mass is 35.5. The summed E-state index contributed by atoms with van der Waals surface area (Å²) in [6.45, 7) is 6.82. The third-order valence-electron chi connectivity index (χ3n) is 2.71. The molecule has 0 saturated heterocycles. The smallest absolute Gasteiger partial charge is 0.308 e. The van der Waals surface area contributed by atoms with E-state index in [1.807, 2.05) is 20.8 Å². The Balaban J connectivity index is 0.00000361. The van der Waals surface area contributed by atoms with Crippen molar-refractivity contribution in [2.45, 2.75) is 33.7 Å². The van der Waals surface area contributed by atoms with Gasteiger partial charge < -0.3 is 15.6 Å². The average Bonchev–Trinajstić information content (AvgIpc) is 2.28. The number of carbonyl (C=O) groups is 2. The van der Waals surface area contributed by atoms with Crippen molar-refractivity contribution in [1.82, 2.24) is 0 Å². The minimum absolute atomic E-state index is 0. The molecule has 0 saturated carbocycles. The van der Waals surface area contributed by atoms with Crippen molar-refractivity contribution in [3.8, 4) is 11.5 Å². The van der Waals surface area contributed by atoms with Crippen molar-refractivity contribution in [2.24, 2.45) is 11.1 Å². The molecule has 0 aromatic heterocycles. The molecule has 1 unspecified atom stereocenters. The predicted molar refractivity (Wildman–Crippen MR) is 78.4 cm³/mol. The maximum Gasteiger partial charge on any atom is 0.308 e. The van der Waals surface area contributed by atoms with Crippen LogP contribution in [0.3, 0.4) is 0 Å². The van der Waals surface area contributed by atoms with Crippen LogP contribution in [-0.2, 0) is 4.79 Å².